The minimum absolute atomic E-state index is 0.0155. The third-order valence-electron chi connectivity index (χ3n) is 3.74. The van der Waals surface area contributed by atoms with E-state index in [0.717, 1.165) is 30.9 Å². The highest BCUT2D eigenvalue weighted by Gasteiger charge is 2.35. The molecule has 21 heavy (non-hydrogen) atoms. The Bertz CT molecular complexity index is 472. The number of aromatic nitrogens is 3. The van der Waals surface area contributed by atoms with Crippen LogP contribution < -0.4 is 5.32 Å². The zero-order chi connectivity index (χ0) is 16.0. The summed E-state index contributed by atoms with van der Waals surface area (Å²) in [4.78, 5) is 16.1. The van der Waals surface area contributed by atoms with E-state index >= 15 is 0 Å². The molecule has 2 N–H and O–H groups in total. The molecule has 0 aliphatic heterocycles. The molecule has 0 fully saturated rings. The van der Waals surface area contributed by atoms with Crippen molar-refractivity contribution in [3.63, 3.8) is 0 Å². The number of carboxylic acids is 1. The standard InChI is InChI=1S/C15H28N4O2/c1-6-9-16-15(5,14(20)21)10-11(4)19-13(8-3)17-12(7-2)18-19/h11,16H,6-10H2,1-5H3,(H,20,21). The number of hydrogen-bond acceptors (Lipinski definition) is 4. The van der Waals surface area contributed by atoms with Crippen LogP contribution in [0.2, 0.25) is 0 Å². The molecule has 2 unspecified atom stereocenters. The first-order valence-electron chi connectivity index (χ1n) is 7.80. The van der Waals surface area contributed by atoms with E-state index in [9.17, 15) is 9.90 Å². The SMILES string of the molecule is CCCNC(C)(CC(C)n1nc(CC)nc1CC)C(=O)O. The molecular formula is C15H28N4O2. The Hall–Kier alpha value is -1.43. The Morgan fingerprint density at radius 3 is 2.52 bits per heavy atom. The summed E-state index contributed by atoms with van der Waals surface area (Å²) in [7, 11) is 0. The molecule has 0 aromatic carbocycles. The van der Waals surface area contributed by atoms with Gasteiger partial charge in [-0.3, -0.25) is 4.79 Å². The van der Waals surface area contributed by atoms with Crippen molar-refractivity contribution in [2.75, 3.05) is 6.54 Å². The molecule has 0 saturated heterocycles. The number of carbonyl (C=O) groups is 1. The van der Waals surface area contributed by atoms with Gasteiger partial charge in [0.1, 0.15) is 11.4 Å². The molecular weight excluding hydrogens is 268 g/mol. The molecule has 6 heteroatoms. The molecule has 1 aromatic heterocycles. The van der Waals surface area contributed by atoms with Crippen LogP contribution in [0, 0.1) is 0 Å². The van der Waals surface area contributed by atoms with E-state index in [2.05, 4.69) is 15.4 Å². The van der Waals surface area contributed by atoms with Crippen molar-refractivity contribution in [2.24, 2.45) is 0 Å². The maximum atomic E-state index is 11.6. The van der Waals surface area contributed by atoms with Crippen LogP contribution in [0.15, 0.2) is 0 Å². The third kappa shape index (κ3) is 4.27. The fourth-order valence-electron chi connectivity index (χ4n) is 2.46. The first-order valence-corrected chi connectivity index (χ1v) is 7.80. The van der Waals surface area contributed by atoms with Gasteiger partial charge in [0.2, 0.25) is 0 Å². The largest absolute Gasteiger partial charge is 0.480 e. The normalized spacial score (nSPS) is 15.7. The van der Waals surface area contributed by atoms with Gasteiger partial charge in [0.05, 0.1) is 6.04 Å². The van der Waals surface area contributed by atoms with Crippen molar-refractivity contribution in [3.8, 4) is 0 Å². The second kappa shape index (κ2) is 7.54. The van der Waals surface area contributed by atoms with Crippen molar-refractivity contribution in [3.05, 3.63) is 11.6 Å². The van der Waals surface area contributed by atoms with Crippen molar-refractivity contribution in [1.29, 1.82) is 0 Å². The van der Waals surface area contributed by atoms with Crippen LogP contribution in [0.4, 0.5) is 0 Å². The van der Waals surface area contributed by atoms with Crippen LogP contribution in [0.5, 0.6) is 0 Å². The first-order chi connectivity index (χ1) is 9.87. The molecule has 0 aliphatic carbocycles. The number of aliphatic carboxylic acids is 1. The summed E-state index contributed by atoms with van der Waals surface area (Å²) in [6, 6.07) is -0.0155. The maximum absolute atomic E-state index is 11.6. The second-order valence-electron chi connectivity index (χ2n) is 5.71. The summed E-state index contributed by atoms with van der Waals surface area (Å²) >= 11 is 0. The zero-order valence-corrected chi connectivity index (χ0v) is 13.8. The van der Waals surface area contributed by atoms with Gasteiger partial charge in [-0.2, -0.15) is 5.10 Å². The Kier molecular flexibility index (Phi) is 6.33. The van der Waals surface area contributed by atoms with E-state index < -0.39 is 11.5 Å². The predicted molar refractivity (Wildman–Crippen MR) is 82.4 cm³/mol. The summed E-state index contributed by atoms with van der Waals surface area (Å²) in [6.07, 6.45) is 2.96. The van der Waals surface area contributed by atoms with Crippen LogP contribution in [-0.4, -0.2) is 37.9 Å². The Labute approximate surface area is 127 Å². The fourth-order valence-corrected chi connectivity index (χ4v) is 2.46. The maximum Gasteiger partial charge on any atom is 0.323 e. The van der Waals surface area contributed by atoms with Crippen molar-refractivity contribution >= 4 is 5.97 Å². The van der Waals surface area contributed by atoms with Crippen molar-refractivity contribution in [1.82, 2.24) is 20.1 Å². The van der Waals surface area contributed by atoms with Gasteiger partial charge < -0.3 is 10.4 Å². The van der Waals surface area contributed by atoms with Gasteiger partial charge in [0.25, 0.3) is 0 Å². The lowest BCUT2D eigenvalue weighted by Crippen LogP contribution is -2.51. The summed E-state index contributed by atoms with van der Waals surface area (Å²) in [6.45, 7) is 10.5. The quantitative estimate of drug-likeness (QED) is 0.730. The van der Waals surface area contributed by atoms with Crippen LogP contribution in [-0.2, 0) is 17.6 Å². The number of aryl methyl sites for hydroxylation is 2. The number of carboxylic acid groups (broad SMARTS) is 1. The van der Waals surface area contributed by atoms with Gasteiger partial charge in [-0.15, -0.1) is 0 Å². The molecule has 0 amide bonds. The van der Waals surface area contributed by atoms with Gasteiger partial charge in [-0.25, -0.2) is 9.67 Å². The van der Waals surface area contributed by atoms with E-state index in [0.29, 0.717) is 13.0 Å². The summed E-state index contributed by atoms with van der Waals surface area (Å²) in [5.41, 5.74) is -0.946. The Morgan fingerprint density at radius 2 is 2.05 bits per heavy atom. The lowest BCUT2D eigenvalue weighted by molar-refractivity contribution is -0.144. The second-order valence-corrected chi connectivity index (χ2v) is 5.71. The smallest absolute Gasteiger partial charge is 0.323 e. The molecule has 1 aromatic rings. The molecule has 1 heterocycles. The van der Waals surface area contributed by atoms with E-state index in [4.69, 9.17) is 0 Å². The highest BCUT2D eigenvalue weighted by Crippen LogP contribution is 2.22. The number of hydrogen-bond donors (Lipinski definition) is 2. The van der Waals surface area contributed by atoms with Crippen LogP contribution in [0.25, 0.3) is 0 Å². The van der Waals surface area contributed by atoms with Gasteiger partial charge in [-0.05, 0) is 33.2 Å². The molecule has 0 bridgehead atoms. The van der Waals surface area contributed by atoms with Crippen LogP contribution >= 0.6 is 0 Å². The van der Waals surface area contributed by atoms with Gasteiger partial charge in [0.15, 0.2) is 5.82 Å². The highest BCUT2D eigenvalue weighted by molar-refractivity contribution is 5.78. The van der Waals surface area contributed by atoms with Crippen molar-refractivity contribution in [2.45, 2.75) is 71.9 Å². The molecule has 0 spiro atoms. The zero-order valence-electron chi connectivity index (χ0n) is 13.8. The van der Waals surface area contributed by atoms with Gasteiger partial charge >= 0.3 is 5.97 Å². The molecule has 120 valence electrons. The lowest BCUT2D eigenvalue weighted by Gasteiger charge is -2.29. The number of nitrogens with one attached hydrogen (secondary N) is 1. The predicted octanol–water partition coefficient (Wildman–Crippen LogP) is 2.20. The molecule has 1 rings (SSSR count). The fraction of sp³-hybridized carbons (Fsp3) is 0.800. The first kappa shape index (κ1) is 17.6. The molecule has 0 radical (unpaired) electrons. The van der Waals surface area contributed by atoms with E-state index in [1.807, 2.05) is 32.4 Å². The Balaban J connectivity index is 2.93. The minimum Gasteiger partial charge on any atom is -0.480 e. The average molecular weight is 296 g/mol. The third-order valence-corrected chi connectivity index (χ3v) is 3.74. The minimum atomic E-state index is -0.946. The number of rotatable bonds is 9. The average Bonchev–Trinajstić information content (AvgIpc) is 2.88. The summed E-state index contributed by atoms with van der Waals surface area (Å²) in [5, 5.41) is 17.2. The molecule has 2 atom stereocenters. The molecule has 0 aliphatic rings. The van der Waals surface area contributed by atoms with Crippen LogP contribution in [0.3, 0.4) is 0 Å². The lowest BCUT2D eigenvalue weighted by atomic mass is 9.93. The number of nitrogens with zero attached hydrogens (tertiary/aromatic N) is 3. The van der Waals surface area contributed by atoms with E-state index in [-0.39, 0.29) is 6.04 Å². The summed E-state index contributed by atoms with van der Waals surface area (Å²) < 4.78 is 1.88. The highest BCUT2D eigenvalue weighted by atomic mass is 16.4. The topological polar surface area (TPSA) is 80.0 Å². The van der Waals surface area contributed by atoms with E-state index in [1.54, 1.807) is 6.92 Å². The van der Waals surface area contributed by atoms with E-state index in [1.165, 1.54) is 0 Å². The van der Waals surface area contributed by atoms with Crippen molar-refractivity contribution < 1.29 is 9.90 Å². The molecule has 6 nitrogen and oxygen atoms in total. The Morgan fingerprint density at radius 1 is 1.38 bits per heavy atom. The van der Waals surface area contributed by atoms with Gasteiger partial charge in [0, 0.05) is 12.8 Å². The van der Waals surface area contributed by atoms with Gasteiger partial charge in [-0.1, -0.05) is 20.8 Å². The van der Waals surface area contributed by atoms with Crippen LogP contribution in [0.1, 0.15) is 65.2 Å². The monoisotopic (exact) mass is 296 g/mol. The molecule has 0 saturated carbocycles. The summed E-state index contributed by atoms with van der Waals surface area (Å²) in [5.74, 6) is 0.913.